The molecule has 0 N–H and O–H groups in total. The zero-order chi connectivity index (χ0) is 17.4. The van der Waals surface area contributed by atoms with Crippen LogP contribution < -0.4 is 48.0 Å². The van der Waals surface area contributed by atoms with Gasteiger partial charge in [-0.05, 0) is 51.4 Å². The summed E-state index contributed by atoms with van der Waals surface area (Å²) in [6, 6.07) is 0. The average Bonchev–Trinajstić information content (AvgIpc) is 3.14. The summed E-state index contributed by atoms with van der Waals surface area (Å²) in [6.45, 7) is 9.73. The largest absolute Gasteiger partial charge is 1.00 e. The highest BCUT2D eigenvalue weighted by Crippen LogP contribution is 2.43. The molecule has 4 rings (SSSR count). The second kappa shape index (κ2) is 10.1. The maximum Gasteiger partial charge on any atom is 0.107 e. The van der Waals surface area contributed by atoms with Crippen LogP contribution >= 0.6 is 0 Å². The van der Waals surface area contributed by atoms with E-state index in [-0.39, 0.29) is 48.0 Å². The maximum atomic E-state index is 6.32. The molecule has 1 spiro atoms. The number of ether oxygens (including phenoxy) is 2. The SMILES string of the molecule is C[N+]1(CC2CC3(CO2)COC(C[N+]2(C)CCCCC2)C3)CCCCC1.[I-].[I-]. The van der Waals surface area contributed by atoms with Crippen LogP contribution in [0.1, 0.15) is 51.4 Å². The summed E-state index contributed by atoms with van der Waals surface area (Å²) in [5, 5.41) is 0. The van der Waals surface area contributed by atoms with Gasteiger partial charge in [-0.25, -0.2) is 0 Å². The molecule has 0 aromatic rings. The third-order valence-electron chi connectivity index (χ3n) is 7.65. The fraction of sp³-hybridized carbons (Fsp3) is 1.00. The molecule has 0 aromatic carbocycles. The summed E-state index contributed by atoms with van der Waals surface area (Å²) >= 11 is 0. The van der Waals surface area contributed by atoms with Crippen molar-refractivity contribution in [3.8, 4) is 0 Å². The number of hydrogen-bond donors (Lipinski definition) is 0. The molecule has 0 saturated carbocycles. The van der Waals surface area contributed by atoms with E-state index in [2.05, 4.69) is 14.1 Å². The number of piperidine rings is 2. The Morgan fingerprint density at radius 2 is 1.04 bits per heavy atom. The van der Waals surface area contributed by atoms with E-state index in [1.807, 2.05) is 0 Å². The predicted molar refractivity (Wildman–Crippen MR) is 100 cm³/mol. The second-order valence-corrected chi connectivity index (χ2v) is 10.4. The lowest BCUT2D eigenvalue weighted by atomic mass is 9.82. The Morgan fingerprint density at radius 3 is 1.41 bits per heavy atom. The van der Waals surface area contributed by atoms with Gasteiger partial charge in [0.25, 0.3) is 0 Å². The van der Waals surface area contributed by atoms with Crippen molar-refractivity contribution in [2.75, 3.05) is 66.6 Å². The van der Waals surface area contributed by atoms with Crippen molar-refractivity contribution in [1.82, 2.24) is 0 Å². The molecular weight excluding hydrogens is 566 g/mol. The molecule has 6 heteroatoms. The highest BCUT2D eigenvalue weighted by atomic mass is 127. The molecule has 0 aliphatic carbocycles. The van der Waals surface area contributed by atoms with Crippen molar-refractivity contribution >= 4 is 0 Å². The van der Waals surface area contributed by atoms with Crippen LogP contribution in [0.25, 0.3) is 0 Å². The van der Waals surface area contributed by atoms with Crippen LogP contribution in [0.15, 0.2) is 0 Å². The van der Waals surface area contributed by atoms with Gasteiger partial charge >= 0.3 is 0 Å². The third kappa shape index (κ3) is 6.15. The van der Waals surface area contributed by atoms with Crippen molar-refractivity contribution in [3.05, 3.63) is 0 Å². The molecule has 2 unspecified atom stereocenters. The van der Waals surface area contributed by atoms with Crippen LogP contribution in [-0.4, -0.2) is 87.8 Å². The third-order valence-corrected chi connectivity index (χ3v) is 7.65. The number of likely N-dealkylation sites (N-methyl/N-ethyl adjacent to an activating group) is 2. The fourth-order valence-electron chi connectivity index (χ4n) is 6.17. The van der Waals surface area contributed by atoms with Crippen molar-refractivity contribution < 1.29 is 66.4 Å². The minimum atomic E-state index is 0. The molecule has 0 amide bonds. The van der Waals surface area contributed by atoms with E-state index in [0.717, 1.165) is 13.2 Å². The Labute approximate surface area is 200 Å². The molecule has 0 bridgehead atoms. The number of rotatable bonds is 4. The normalized spacial score (nSPS) is 37.6. The summed E-state index contributed by atoms with van der Waals surface area (Å²) in [7, 11) is 4.89. The lowest BCUT2D eigenvalue weighted by molar-refractivity contribution is -0.916. The van der Waals surface area contributed by atoms with Crippen LogP contribution in [0.2, 0.25) is 0 Å². The zero-order valence-electron chi connectivity index (χ0n) is 17.4. The molecule has 27 heavy (non-hydrogen) atoms. The number of halogens is 2. The van der Waals surface area contributed by atoms with Gasteiger partial charge in [-0.1, -0.05) is 0 Å². The molecule has 4 aliphatic heterocycles. The van der Waals surface area contributed by atoms with Gasteiger partial charge in [-0.15, -0.1) is 0 Å². The lowest BCUT2D eigenvalue weighted by Gasteiger charge is -2.39. The van der Waals surface area contributed by atoms with Crippen molar-refractivity contribution in [1.29, 1.82) is 0 Å². The number of hydrogen-bond acceptors (Lipinski definition) is 2. The predicted octanol–water partition coefficient (Wildman–Crippen LogP) is -3.18. The topological polar surface area (TPSA) is 18.5 Å². The van der Waals surface area contributed by atoms with Crippen LogP contribution in [0.4, 0.5) is 0 Å². The smallest absolute Gasteiger partial charge is 0.107 e. The van der Waals surface area contributed by atoms with Crippen LogP contribution in [0.5, 0.6) is 0 Å². The Morgan fingerprint density at radius 1 is 0.667 bits per heavy atom. The number of likely N-dealkylation sites (tertiary alicyclic amines) is 2. The Balaban J connectivity index is 0.00000131. The number of nitrogens with zero attached hydrogens (tertiary/aromatic N) is 2. The molecule has 160 valence electrons. The first kappa shape index (κ1) is 24.6. The standard InChI is InChI=1S/C21H40N2O2.2HI/c1-22(9-5-3-6-10-22)15-19-13-21(17-24-19)14-20(25-18-21)16-23(2)11-7-4-8-12-23;;/h19-20H,3-18H2,1-2H3;2*1H/q+2;;/p-2. The van der Waals surface area contributed by atoms with Gasteiger partial charge < -0.3 is 66.4 Å². The highest BCUT2D eigenvalue weighted by Gasteiger charge is 2.49. The fourth-order valence-corrected chi connectivity index (χ4v) is 6.17. The Bertz CT molecular complexity index is 423. The molecule has 0 radical (unpaired) electrons. The first-order chi connectivity index (χ1) is 12.0. The summed E-state index contributed by atoms with van der Waals surface area (Å²) < 4.78 is 15.1. The van der Waals surface area contributed by atoms with Crippen molar-refractivity contribution in [3.63, 3.8) is 0 Å². The summed E-state index contributed by atoms with van der Waals surface area (Å²) in [6.07, 6.45) is 11.8. The molecular formula is C21H40I2N2O2. The van der Waals surface area contributed by atoms with E-state index in [1.165, 1.54) is 99.6 Å². The molecule has 4 saturated heterocycles. The molecule has 2 atom stereocenters. The zero-order valence-corrected chi connectivity index (χ0v) is 21.8. The Hall–Kier alpha value is 1.30. The van der Waals surface area contributed by atoms with Gasteiger partial charge in [0.05, 0.1) is 53.5 Å². The van der Waals surface area contributed by atoms with Gasteiger partial charge in [0.2, 0.25) is 0 Å². The van der Waals surface area contributed by atoms with Crippen LogP contribution in [0.3, 0.4) is 0 Å². The minimum Gasteiger partial charge on any atom is -1.00 e. The Kier molecular flexibility index (Phi) is 9.16. The van der Waals surface area contributed by atoms with E-state index in [4.69, 9.17) is 9.47 Å². The van der Waals surface area contributed by atoms with Crippen LogP contribution in [0, 0.1) is 5.41 Å². The molecule has 4 nitrogen and oxygen atoms in total. The van der Waals surface area contributed by atoms with Gasteiger partial charge in [-0.3, -0.25) is 0 Å². The van der Waals surface area contributed by atoms with E-state index in [0.29, 0.717) is 17.6 Å². The van der Waals surface area contributed by atoms with Crippen molar-refractivity contribution in [2.24, 2.45) is 5.41 Å². The molecule has 4 fully saturated rings. The van der Waals surface area contributed by atoms with E-state index < -0.39 is 0 Å². The average molecular weight is 606 g/mol. The summed E-state index contributed by atoms with van der Waals surface area (Å²) in [5.41, 5.74) is 0.333. The molecule has 4 heterocycles. The summed E-state index contributed by atoms with van der Waals surface area (Å²) in [5.74, 6) is 0. The monoisotopic (exact) mass is 606 g/mol. The maximum absolute atomic E-state index is 6.32. The van der Waals surface area contributed by atoms with E-state index >= 15 is 0 Å². The summed E-state index contributed by atoms with van der Waals surface area (Å²) in [4.78, 5) is 0. The first-order valence-electron chi connectivity index (χ1n) is 10.9. The molecule has 4 aliphatic rings. The minimum absolute atomic E-state index is 0. The van der Waals surface area contributed by atoms with Gasteiger partial charge in [-0.2, -0.15) is 0 Å². The highest BCUT2D eigenvalue weighted by molar-refractivity contribution is 4.94. The number of quaternary nitrogens is 2. The van der Waals surface area contributed by atoms with Gasteiger partial charge in [0, 0.05) is 5.41 Å². The van der Waals surface area contributed by atoms with Crippen molar-refractivity contribution in [2.45, 2.75) is 63.6 Å². The lowest BCUT2D eigenvalue weighted by Crippen LogP contribution is -3.00. The van der Waals surface area contributed by atoms with Gasteiger partial charge in [0.1, 0.15) is 25.3 Å². The van der Waals surface area contributed by atoms with Gasteiger partial charge in [0.15, 0.2) is 0 Å². The second-order valence-electron chi connectivity index (χ2n) is 10.4. The van der Waals surface area contributed by atoms with Crippen LogP contribution in [-0.2, 0) is 9.47 Å². The van der Waals surface area contributed by atoms with E-state index in [9.17, 15) is 0 Å². The quantitative estimate of drug-likeness (QED) is 0.249. The molecule has 0 aromatic heterocycles. The first-order valence-corrected chi connectivity index (χ1v) is 10.9. The van der Waals surface area contributed by atoms with E-state index in [1.54, 1.807) is 0 Å².